The minimum absolute atomic E-state index is 0.784. The summed E-state index contributed by atoms with van der Waals surface area (Å²) in [6, 6.07) is 4.01. The third kappa shape index (κ3) is 1.76. The van der Waals surface area contributed by atoms with E-state index in [4.69, 9.17) is 5.26 Å². The first-order valence-corrected chi connectivity index (χ1v) is 5.56. The first-order valence-electron chi connectivity index (χ1n) is 5.56. The fourth-order valence-corrected chi connectivity index (χ4v) is 2.06. The lowest BCUT2D eigenvalue weighted by molar-refractivity contribution is 0.363. The first-order chi connectivity index (χ1) is 8.36. The summed E-state index contributed by atoms with van der Waals surface area (Å²) in [4.78, 5) is 8.15. The molecule has 1 aliphatic rings. The zero-order valence-electron chi connectivity index (χ0n) is 9.32. The third-order valence-electron chi connectivity index (χ3n) is 3.04. The lowest BCUT2D eigenvalue weighted by atomic mass is 10.3. The van der Waals surface area contributed by atoms with Gasteiger partial charge in [0.25, 0.3) is 0 Å². The van der Waals surface area contributed by atoms with E-state index in [-0.39, 0.29) is 0 Å². The predicted octanol–water partition coefficient (Wildman–Crippen LogP) is 0.332. The second kappa shape index (κ2) is 3.94. The van der Waals surface area contributed by atoms with Crippen molar-refractivity contribution in [3.63, 3.8) is 0 Å². The molecule has 0 aliphatic carbocycles. The van der Waals surface area contributed by atoms with Gasteiger partial charge in [-0.1, -0.05) is 0 Å². The molecule has 3 rings (SSSR count). The molecule has 0 aromatic carbocycles. The molecular formula is C11H12N6. The quantitative estimate of drug-likeness (QED) is 0.658. The summed E-state index contributed by atoms with van der Waals surface area (Å²) in [5, 5.41) is 12.9. The Morgan fingerprint density at radius 3 is 2.76 bits per heavy atom. The van der Waals surface area contributed by atoms with Crippen molar-refractivity contribution in [3.8, 4) is 6.19 Å². The molecule has 2 aromatic rings. The normalized spacial score (nSPS) is 16.2. The van der Waals surface area contributed by atoms with Crippen LogP contribution in [0.5, 0.6) is 0 Å². The molecule has 1 aliphatic heterocycles. The zero-order valence-corrected chi connectivity index (χ0v) is 9.32. The Labute approximate surface area is 98.7 Å². The van der Waals surface area contributed by atoms with Crippen LogP contribution < -0.4 is 4.90 Å². The van der Waals surface area contributed by atoms with Crippen LogP contribution in [0.4, 0.5) is 5.69 Å². The van der Waals surface area contributed by atoms with E-state index in [1.165, 1.54) is 0 Å². The van der Waals surface area contributed by atoms with E-state index >= 15 is 0 Å². The van der Waals surface area contributed by atoms with Gasteiger partial charge in [0.15, 0.2) is 11.8 Å². The van der Waals surface area contributed by atoms with Gasteiger partial charge in [-0.25, -0.2) is 9.50 Å². The smallest absolute Gasteiger partial charge is 0.179 e. The molecule has 17 heavy (non-hydrogen) atoms. The summed E-state index contributed by atoms with van der Waals surface area (Å²) in [7, 11) is 0. The van der Waals surface area contributed by atoms with E-state index in [2.05, 4.69) is 21.2 Å². The summed E-state index contributed by atoms with van der Waals surface area (Å²) >= 11 is 0. The molecule has 0 N–H and O–H groups in total. The Morgan fingerprint density at radius 2 is 2.00 bits per heavy atom. The average Bonchev–Trinajstić information content (AvgIpc) is 2.86. The number of piperazine rings is 1. The second-order valence-corrected chi connectivity index (χ2v) is 4.02. The molecule has 6 heteroatoms. The molecule has 0 atom stereocenters. The monoisotopic (exact) mass is 228 g/mol. The number of fused-ring (bicyclic) bond motifs is 1. The number of anilines is 1. The molecule has 0 bridgehead atoms. The minimum atomic E-state index is 0.784. The summed E-state index contributed by atoms with van der Waals surface area (Å²) in [6.07, 6.45) is 5.71. The average molecular weight is 228 g/mol. The number of aromatic nitrogens is 3. The lowest BCUT2D eigenvalue weighted by Gasteiger charge is -2.33. The molecule has 0 amide bonds. The summed E-state index contributed by atoms with van der Waals surface area (Å²) in [6.45, 7) is 3.30. The van der Waals surface area contributed by atoms with Crippen molar-refractivity contribution in [2.45, 2.75) is 0 Å². The predicted molar refractivity (Wildman–Crippen MR) is 62.4 cm³/mol. The molecule has 6 nitrogen and oxygen atoms in total. The first kappa shape index (κ1) is 9.90. The number of pyridine rings is 1. The van der Waals surface area contributed by atoms with E-state index in [1.54, 1.807) is 15.7 Å². The largest absolute Gasteiger partial charge is 0.367 e. The molecule has 86 valence electrons. The molecular weight excluding hydrogens is 216 g/mol. The number of hydrogen-bond donors (Lipinski definition) is 0. The molecule has 3 heterocycles. The highest BCUT2D eigenvalue weighted by molar-refractivity contribution is 5.51. The van der Waals surface area contributed by atoms with Gasteiger partial charge in [0.1, 0.15) is 6.33 Å². The summed E-state index contributed by atoms with van der Waals surface area (Å²) in [5.74, 6) is 0. The van der Waals surface area contributed by atoms with Gasteiger partial charge in [-0.05, 0) is 12.1 Å². The highest BCUT2D eigenvalue weighted by Gasteiger charge is 2.16. The van der Waals surface area contributed by atoms with Crippen LogP contribution in [-0.2, 0) is 0 Å². The Balaban J connectivity index is 1.82. The van der Waals surface area contributed by atoms with Crippen LogP contribution in [0, 0.1) is 11.5 Å². The van der Waals surface area contributed by atoms with E-state index in [9.17, 15) is 0 Å². The minimum Gasteiger partial charge on any atom is -0.367 e. The van der Waals surface area contributed by atoms with Gasteiger partial charge in [0.05, 0.1) is 11.9 Å². The summed E-state index contributed by atoms with van der Waals surface area (Å²) in [5.41, 5.74) is 1.98. The van der Waals surface area contributed by atoms with Crippen LogP contribution in [0.3, 0.4) is 0 Å². The molecule has 1 saturated heterocycles. The van der Waals surface area contributed by atoms with Crippen LogP contribution in [-0.4, -0.2) is 45.7 Å². The van der Waals surface area contributed by atoms with Gasteiger partial charge in [-0.15, -0.1) is 0 Å². The fourth-order valence-electron chi connectivity index (χ4n) is 2.06. The van der Waals surface area contributed by atoms with Crippen molar-refractivity contribution in [1.82, 2.24) is 19.5 Å². The Hall–Kier alpha value is -2.29. The topological polar surface area (TPSA) is 60.5 Å². The summed E-state index contributed by atoms with van der Waals surface area (Å²) < 4.78 is 1.77. The molecule has 0 saturated carbocycles. The van der Waals surface area contributed by atoms with Crippen LogP contribution >= 0.6 is 0 Å². The van der Waals surface area contributed by atoms with E-state index in [0.717, 1.165) is 37.5 Å². The van der Waals surface area contributed by atoms with Gasteiger partial charge >= 0.3 is 0 Å². The van der Waals surface area contributed by atoms with Crippen molar-refractivity contribution >= 4 is 11.3 Å². The number of nitrogens with zero attached hydrogens (tertiary/aromatic N) is 6. The third-order valence-corrected chi connectivity index (χ3v) is 3.04. The van der Waals surface area contributed by atoms with Gasteiger partial charge in [-0.2, -0.15) is 10.4 Å². The number of rotatable bonds is 1. The molecule has 0 radical (unpaired) electrons. The molecule has 2 aromatic heterocycles. The van der Waals surface area contributed by atoms with Crippen molar-refractivity contribution in [3.05, 3.63) is 24.7 Å². The van der Waals surface area contributed by atoms with Crippen molar-refractivity contribution in [1.29, 1.82) is 5.26 Å². The second-order valence-electron chi connectivity index (χ2n) is 4.02. The van der Waals surface area contributed by atoms with Crippen molar-refractivity contribution < 1.29 is 0 Å². The maximum Gasteiger partial charge on any atom is 0.179 e. The SMILES string of the molecule is N#CN1CCN(c2ccc3ncnn3c2)CC1. The van der Waals surface area contributed by atoms with Gasteiger partial charge < -0.3 is 9.80 Å². The van der Waals surface area contributed by atoms with Gasteiger partial charge in [0, 0.05) is 26.2 Å². The number of hydrogen-bond acceptors (Lipinski definition) is 5. The van der Waals surface area contributed by atoms with Gasteiger partial charge in [0.2, 0.25) is 0 Å². The van der Waals surface area contributed by atoms with Crippen molar-refractivity contribution in [2.75, 3.05) is 31.1 Å². The maximum absolute atomic E-state index is 8.80. The highest BCUT2D eigenvalue weighted by atomic mass is 15.3. The Kier molecular flexibility index (Phi) is 2.29. The zero-order chi connectivity index (χ0) is 11.7. The standard InChI is InChI=1S/C11H12N6/c12-8-15-3-5-16(6-4-15)10-1-2-11-13-9-14-17(11)7-10/h1-2,7,9H,3-6H2. The molecule has 0 unspecified atom stereocenters. The Bertz CT molecular complexity index is 561. The van der Waals surface area contributed by atoms with Crippen LogP contribution in [0.1, 0.15) is 0 Å². The van der Waals surface area contributed by atoms with E-state index in [1.807, 2.05) is 18.3 Å². The molecule has 1 fully saturated rings. The number of nitriles is 1. The van der Waals surface area contributed by atoms with Crippen molar-refractivity contribution in [2.24, 2.45) is 0 Å². The van der Waals surface area contributed by atoms with E-state index in [0.29, 0.717) is 0 Å². The van der Waals surface area contributed by atoms with Crippen LogP contribution in [0.25, 0.3) is 5.65 Å². The lowest BCUT2D eigenvalue weighted by Crippen LogP contribution is -2.44. The highest BCUT2D eigenvalue weighted by Crippen LogP contribution is 2.16. The van der Waals surface area contributed by atoms with E-state index < -0.39 is 0 Å². The fraction of sp³-hybridized carbons (Fsp3) is 0.364. The molecule has 0 spiro atoms. The van der Waals surface area contributed by atoms with Gasteiger partial charge in [-0.3, -0.25) is 0 Å². The Morgan fingerprint density at radius 1 is 1.18 bits per heavy atom. The van der Waals surface area contributed by atoms with Crippen LogP contribution in [0.15, 0.2) is 24.7 Å². The maximum atomic E-state index is 8.80. The van der Waals surface area contributed by atoms with Crippen LogP contribution in [0.2, 0.25) is 0 Å².